The van der Waals surface area contributed by atoms with Crippen LogP contribution in [0.5, 0.6) is 0 Å². The van der Waals surface area contributed by atoms with Gasteiger partial charge in [-0.3, -0.25) is 0 Å². The average molecular weight is 192 g/mol. The topological polar surface area (TPSA) is 115 Å². The molecule has 0 saturated heterocycles. The van der Waals surface area contributed by atoms with Crippen molar-refractivity contribution in [3.8, 4) is 0 Å². The highest BCUT2D eigenvalue weighted by Gasteiger charge is 2.08. The number of carboxylic acids is 2. The molecule has 6 heteroatoms. The van der Waals surface area contributed by atoms with Gasteiger partial charge in [-0.25, -0.2) is 9.59 Å². The van der Waals surface area contributed by atoms with Crippen LogP contribution in [0.3, 0.4) is 0 Å². The lowest BCUT2D eigenvalue weighted by molar-refractivity contribution is -0.148. The van der Waals surface area contributed by atoms with Crippen molar-refractivity contribution in [1.29, 1.82) is 0 Å². The first kappa shape index (κ1) is 14.1. The third kappa shape index (κ3) is 10.6. The molecule has 0 rings (SSSR count). The van der Waals surface area contributed by atoms with E-state index in [2.05, 4.69) is 6.58 Å². The van der Waals surface area contributed by atoms with Gasteiger partial charge >= 0.3 is 11.9 Å². The van der Waals surface area contributed by atoms with Crippen LogP contribution in [-0.4, -0.2) is 45.1 Å². The van der Waals surface area contributed by atoms with Crippen LogP contribution in [0.25, 0.3) is 0 Å². The van der Waals surface area contributed by atoms with E-state index < -0.39 is 24.6 Å². The third-order valence-corrected chi connectivity index (χ3v) is 0.823. The van der Waals surface area contributed by atoms with Crippen LogP contribution in [0.4, 0.5) is 0 Å². The average Bonchev–Trinajstić information content (AvgIpc) is 2.03. The summed E-state index contributed by atoms with van der Waals surface area (Å²) in [4.78, 5) is 19.1. The van der Waals surface area contributed by atoms with Crippen molar-refractivity contribution in [2.45, 2.75) is 13.0 Å². The van der Waals surface area contributed by atoms with Crippen LogP contribution < -0.4 is 0 Å². The summed E-state index contributed by atoms with van der Waals surface area (Å²) in [5, 5.41) is 31.6. The van der Waals surface area contributed by atoms with Gasteiger partial charge in [0, 0.05) is 5.57 Å². The lowest BCUT2D eigenvalue weighted by Crippen LogP contribution is -2.22. The molecule has 0 aliphatic carbocycles. The summed E-state index contributed by atoms with van der Waals surface area (Å²) in [6.07, 6.45) is -1.63. The molecule has 76 valence electrons. The predicted molar refractivity (Wildman–Crippen MR) is 43.2 cm³/mol. The molecular weight excluding hydrogens is 180 g/mol. The molecule has 1 unspecified atom stereocenters. The van der Waals surface area contributed by atoms with E-state index in [1.54, 1.807) is 0 Å². The molecule has 0 spiro atoms. The molecule has 0 radical (unpaired) electrons. The van der Waals surface area contributed by atoms with Crippen molar-refractivity contribution in [3.05, 3.63) is 12.2 Å². The molecule has 1 atom stereocenters. The monoisotopic (exact) mass is 192 g/mol. The molecular formula is C7H12O6. The summed E-state index contributed by atoms with van der Waals surface area (Å²) in [6, 6.07) is 0. The second-order valence-electron chi connectivity index (χ2n) is 2.12. The van der Waals surface area contributed by atoms with Gasteiger partial charge in [-0.05, 0) is 6.92 Å². The lowest BCUT2D eigenvalue weighted by Gasteiger charge is -1.95. The van der Waals surface area contributed by atoms with Crippen LogP contribution in [0.15, 0.2) is 12.2 Å². The highest BCUT2D eigenvalue weighted by atomic mass is 16.4. The Balaban J connectivity index is 0. The fourth-order valence-corrected chi connectivity index (χ4v) is 0.0781. The molecule has 4 N–H and O–H groups in total. The van der Waals surface area contributed by atoms with Gasteiger partial charge in [0.1, 0.15) is 0 Å². The Morgan fingerprint density at radius 3 is 1.69 bits per heavy atom. The summed E-state index contributed by atoms with van der Waals surface area (Å²) >= 11 is 0. The van der Waals surface area contributed by atoms with E-state index in [9.17, 15) is 9.59 Å². The number of hydrogen-bond donors (Lipinski definition) is 4. The summed E-state index contributed by atoms with van der Waals surface area (Å²) < 4.78 is 0. The first-order chi connectivity index (χ1) is 5.82. The zero-order valence-corrected chi connectivity index (χ0v) is 7.10. The number of rotatable bonds is 3. The fourth-order valence-electron chi connectivity index (χ4n) is 0.0781. The minimum absolute atomic E-state index is 0.176. The second kappa shape index (κ2) is 7.26. The maximum atomic E-state index is 9.60. The SMILES string of the molecule is C=C(C)C(=O)O.O=C(O)C(O)CO. The first-order valence-corrected chi connectivity index (χ1v) is 3.23. The molecule has 0 saturated carbocycles. The standard InChI is InChI=1S/C4H6O2.C3H6O4/c1-3(2)4(5)6;4-1-2(5)3(6)7/h1H2,2H3,(H,5,6);2,4-5H,1H2,(H,6,7). The van der Waals surface area contributed by atoms with E-state index in [1.807, 2.05) is 0 Å². The van der Waals surface area contributed by atoms with Crippen LogP contribution >= 0.6 is 0 Å². The van der Waals surface area contributed by atoms with Gasteiger partial charge in [0.2, 0.25) is 0 Å². The molecule has 0 fully saturated rings. The van der Waals surface area contributed by atoms with Gasteiger partial charge in [0.25, 0.3) is 0 Å². The number of aliphatic carboxylic acids is 2. The van der Waals surface area contributed by atoms with Crippen molar-refractivity contribution in [2.24, 2.45) is 0 Å². The predicted octanol–water partition coefficient (Wildman–Crippen LogP) is -0.929. The van der Waals surface area contributed by atoms with E-state index in [-0.39, 0.29) is 5.57 Å². The normalized spacial score (nSPS) is 10.7. The van der Waals surface area contributed by atoms with Gasteiger partial charge in [-0.15, -0.1) is 0 Å². The number of aliphatic hydroxyl groups excluding tert-OH is 2. The van der Waals surface area contributed by atoms with Crippen molar-refractivity contribution in [2.75, 3.05) is 6.61 Å². The largest absolute Gasteiger partial charge is 0.479 e. The van der Waals surface area contributed by atoms with Gasteiger partial charge in [0.15, 0.2) is 6.10 Å². The molecule has 0 aromatic rings. The van der Waals surface area contributed by atoms with E-state index >= 15 is 0 Å². The van der Waals surface area contributed by atoms with E-state index in [4.69, 9.17) is 20.4 Å². The van der Waals surface area contributed by atoms with Crippen molar-refractivity contribution in [1.82, 2.24) is 0 Å². The molecule has 0 aromatic carbocycles. The molecule has 0 aliphatic heterocycles. The Kier molecular flexibility index (Phi) is 7.90. The second-order valence-corrected chi connectivity index (χ2v) is 2.12. The molecule has 0 aliphatic rings. The van der Waals surface area contributed by atoms with E-state index in [0.29, 0.717) is 0 Å². The molecule has 0 amide bonds. The summed E-state index contributed by atoms with van der Waals surface area (Å²) in [5.41, 5.74) is 0.176. The minimum Gasteiger partial charge on any atom is -0.479 e. The third-order valence-electron chi connectivity index (χ3n) is 0.823. The number of hydrogen-bond acceptors (Lipinski definition) is 4. The number of aliphatic hydroxyl groups is 2. The van der Waals surface area contributed by atoms with Crippen molar-refractivity contribution in [3.63, 3.8) is 0 Å². The van der Waals surface area contributed by atoms with Gasteiger partial charge in [-0.2, -0.15) is 0 Å². The van der Waals surface area contributed by atoms with Gasteiger partial charge < -0.3 is 20.4 Å². The van der Waals surface area contributed by atoms with Crippen LogP contribution in [0, 0.1) is 0 Å². The maximum absolute atomic E-state index is 9.60. The zero-order valence-electron chi connectivity index (χ0n) is 7.10. The Labute approximate surface area is 74.7 Å². The summed E-state index contributed by atoms with van der Waals surface area (Å²) in [6.45, 7) is 3.88. The Bertz CT molecular complexity index is 185. The Morgan fingerprint density at radius 1 is 1.38 bits per heavy atom. The van der Waals surface area contributed by atoms with Gasteiger partial charge in [-0.1, -0.05) is 6.58 Å². The lowest BCUT2D eigenvalue weighted by atomic mass is 10.4. The van der Waals surface area contributed by atoms with Crippen LogP contribution in [-0.2, 0) is 9.59 Å². The minimum atomic E-state index is -1.63. The maximum Gasteiger partial charge on any atom is 0.334 e. The zero-order chi connectivity index (χ0) is 11.0. The molecule has 0 aromatic heterocycles. The highest BCUT2D eigenvalue weighted by Crippen LogP contribution is 1.81. The van der Waals surface area contributed by atoms with Crippen LogP contribution in [0.2, 0.25) is 0 Å². The Hall–Kier alpha value is -1.40. The molecule has 0 heterocycles. The first-order valence-electron chi connectivity index (χ1n) is 3.23. The Morgan fingerprint density at radius 2 is 1.69 bits per heavy atom. The summed E-state index contributed by atoms with van der Waals surface area (Å²) in [5.74, 6) is -2.34. The van der Waals surface area contributed by atoms with E-state index in [1.165, 1.54) is 6.92 Å². The highest BCUT2D eigenvalue weighted by molar-refractivity contribution is 5.84. The summed E-state index contributed by atoms with van der Waals surface area (Å²) in [7, 11) is 0. The number of carbonyl (C=O) groups is 2. The van der Waals surface area contributed by atoms with Crippen molar-refractivity contribution >= 4 is 11.9 Å². The molecule has 0 bridgehead atoms. The fraction of sp³-hybridized carbons (Fsp3) is 0.429. The quantitative estimate of drug-likeness (QED) is 0.429. The van der Waals surface area contributed by atoms with Crippen molar-refractivity contribution < 1.29 is 30.0 Å². The molecule has 13 heavy (non-hydrogen) atoms. The number of carboxylic acid groups (broad SMARTS) is 2. The van der Waals surface area contributed by atoms with Gasteiger partial charge in [0.05, 0.1) is 6.61 Å². The molecule has 6 nitrogen and oxygen atoms in total. The van der Waals surface area contributed by atoms with Crippen LogP contribution in [0.1, 0.15) is 6.92 Å². The smallest absolute Gasteiger partial charge is 0.334 e. The van der Waals surface area contributed by atoms with E-state index in [0.717, 1.165) is 0 Å².